The highest BCUT2D eigenvalue weighted by Gasteiger charge is 2.25. The first-order valence-corrected chi connectivity index (χ1v) is 6.35. The summed E-state index contributed by atoms with van der Waals surface area (Å²) in [5.41, 5.74) is 6.56. The number of aryl methyl sites for hydroxylation is 2. The Kier molecular flexibility index (Phi) is 4.32. The fourth-order valence-electron chi connectivity index (χ4n) is 1.43. The minimum Gasteiger partial charge on any atom is -0.368 e. The van der Waals surface area contributed by atoms with Crippen LogP contribution in [0, 0.1) is 6.92 Å². The summed E-state index contributed by atoms with van der Waals surface area (Å²) in [4.78, 5) is 11.2. The van der Waals surface area contributed by atoms with Crippen LogP contribution in [-0.4, -0.2) is 21.2 Å². The van der Waals surface area contributed by atoms with Crippen molar-refractivity contribution in [3.8, 4) is 0 Å². The monoisotopic (exact) mass is 302 g/mol. The maximum absolute atomic E-state index is 11.2. The smallest absolute Gasteiger partial charge is 0.237 e. The molecular formula is C11H19BrN4O. The van der Waals surface area contributed by atoms with E-state index in [0.29, 0.717) is 6.54 Å². The van der Waals surface area contributed by atoms with Gasteiger partial charge in [-0.05, 0) is 43.6 Å². The molecule has 1 rings (SSSR count). The van der Waals surface area contributed by atoms with Gasteiger partial charge < -0.3 is 5.73 Å². The molecule has 1 aromatic rings. The molecule has 0 saturated heterocycles. The molecule has 0 saturated carbocycles. The molecule has 96 valence electrons. The van der Waals surface area contributed by atoms with Crippen molar-refractivity contribution in [1.29, 1.82) is 0 Å². The van der Waals surface area contributed by atoms with Crippen LogP contribution in [0.15, 0.2) is 4.47 Å². The Morgan fingerprint density at radius 2 is 2.18 bits per heavy atom. The molecular weight excluding hydrogens is 284 g/mol. The second kappa shape index (κ2) is 5.18. The number of primary amides is 1. The molecule has 1 heterocycles. The molecule has 0 aromatic carbocycles. The van der Waals surface area contributed by atoms with Crippen LogP contribution in [0.5, 0.6) is 0 Å². The quantitative estimate of drug-likeness (QED) is 0.862. The number of amides is 1. The molecule has 6 heteroatoms. The summed E-state index contributed by atoms with van der Waals surface area (Å²) in [6.45, 7) is 8.84. The third kappa shape index (κ3) is 3.07. The summed E-state index contributed by atoms with van der Waals surface area (Å²) < 4.78 is 2.89. The first-order valence-electron chi connectivity index (χ1n) is 5.56. The standard InChI is InChI=1S/C11H19BrN4O/c1-5-16-8(9(12)7(2)15-16)6-14-11(3,4)10(13)17/h14H,5-6H2,1-4H3,(H2,13,17). The van der Waals surface area contributed by atoms with Crippen molar-refractivity contribution in [2.45, 2.75) is 46.3 Å². The van der Waals surface area contributed by atoms with Crippen LogP contribution in [-0.2, 0) is 17.9 Å². The maximum Gasteiger partial charge on any atom is 0.237 e. The second-order valence-electron chi connectivity index (χ2n) is 4.50. The average Bonchev–Trinajstić information content (AvgIpc) is 2.52. The molecule has 0 atom stereocenters. The predicted molar refractivity (Wildman–Crippen MR) is 70.5 cm³/mol. The van der Waals surface area contributed by atoms with Crippen LogP contribution in [0.3, 0.4) is 0 Å². The molecule has 17 heavy (non-hydrogen) atoms. The molecule has 0 aliphatic heterocycles. The average molecular weight is 303 g/mol. The Balaban J connectivity index is 2.86. The summed E-state index contributed by atoms with van der Waals surface area (Å²) >= 11 is 3.51. The molecule has 0 aliphatic carbocycles. The van der Waals surface area contributed by atoms with E-state index < -0.39 is 5.54 Å². The van der Waals surface area contributed by atoms with Gasteiger partial charge in [0.15, 0.2) is 0 Å². The number of nitrogens with one attached hydrogen (secondary N) is 1. The number of hydrogen-bond donors (Lipinski definition) is 2. The minimum absolute atomic E-state index is 0.368. The Hall–Kier alpha value is -0.880. The van der Waals surface area contributed by atoms with E-state index in [0.717, 1.165) is 22.4 Å². The van der Waals surface area contributed by atoms with E-state index in [4.69, 9.17) is 5.73 Å². The van der Waals surface area contributed by atoms with Crippen LogP contribution < -0.4 is 11.1 Å². The molecule has 1 aromatic heterocycles. The first kappa shape index (κ1) is 14.2. The number of rotatable bonds is 5. The van der Waals surface area contributed by atoms with E-state index in [1.807, 2.05) is 18.5 Å². The highest BCUT2D eigenvalue weighted by Crippen LogP contribution is 2.21. The lowest BCUT2D eigenvalue weighted by atomic mass is 10.1. The molecule has 0 unspecified atom stereocenters. The number of hydrogen-bond acceptors (Lipinski definition) is 3. The van der Waals surface area contributed by atoms with E-state index in [1.165, 1.54) is 0 Å². The van der Waals surface area contributed by atoms with Gasteiger partial charge in [0.25, 0.3) is 0 Å². The topological polar surface area (TPSA) is 72.9 Å². The van der Waals surface area contributed by atoms with Crippen molar-refractivity contribution in [2.24, 2.45) is 5.73 Å². The zero-order valence-electron chi connectivity index (χ0n) is 10.7. The number of nitrogens with zero attached hydrogens (tertiary/aromatic N) is 2. The number of carbonyl (C=O) groups excluding carboxylic acids is 1. The van der Waals surface area contributed by atoms with Crippen LogP contribution in [0.25, 0.3) is 0 Å². The van der Waals surface area contributed by atoms with Gasteiger partial charge in [-0.15, -0.1) is 0 Å². The fraction of sp³-hybridized carbons (Fsp3) is 0.636. The summed E-state index contributed by atoms with van der Waals surface area (Å²) in [6, 6.07) is 0. The zero-order chi connectivity index (χ0) is 13.2. The predicted octanol–water partition coefficient (Wildman–Crippen LogP) is 1.33. The third-order valence-corrected chi connectivity index (χ3v) is 3.80. The molecule has 0 aliphatic rings. The third-order valence-electron chi connectivity index (χ3n) is 2.77. The lowest BCUT2D eigenvalue weighted by Crippen LogP contribution is -2.50. The van der Waals surface area contributed by atoms with Gasteiger partial charge in [-0.3, -0.25) is 14.8 Å². The van der Waals surface area contributed by atoms with E-state index >= 15 is 0 Å². The molecule has 5 nitrogen and oxygen atoms in total. The van der Waals surface area contributed by atoms with Gasteiger partial charge in [0.05, 0.1) is 21.4 Å². The van der Waals surface area contributed by atoms with E-state index in [9.17, 15) is 4.79 Å². The Morgan fingerprint density at radius 3 is 2.65 bits per heavy atom. The van der Waals surface area contributed by atoms with Gasteiger partial charge in [-0.2, -0.15) is 5.10 Å². The van der Waals surface area contributed by atoms with Crippen molar-refractivity contribution in [3.05, 3.63) is 15.9 Å². The molecule has 1 amide bonds. The number of halogens is 1. The number of carbonyl (C=O) groups is 1. The van der Waals surface area contributed by atoms with Gasteiger partial charge in [0.2, 0.25) is 5.91 Å². The summed E-state index contributed by atoms with van der Waals surface area (Å²) in [6.07, 6.45) is 0. The SMILES string of the molecule is CCn1nc(C)c(Br)c1CNC(C)(C)C(N)=O. The lowest BCUT2D eigenvalue weighted by Gasteiger charge is -2.22. The van der Waals surface area contributed by atoms with Crippen LogP contribution in [0.1, 0.15) is 32.2 Å². The van der Waals surface area contributed by atoms with Crippen molar-refractivity contribution >= 4 is 21.8 Å². The van der Waals surface area contributed by atoms with Gasteiger partial charge >= 0.3 is 0 Å². The van der Waals surface area contributed by atoms with Crippen LogP contribution >= 0.6 is 15.9 Å². The highest BCUT2D eigenvalue weighted by atomic mass is 79.9. The van der Waals surface area contributed by atoms with Crippen molar-refractivity contribution in [3.63, 3.8) is 0 Å². The van der Waals surface area contributed by atoms with Crippen molar-refractivity contribution < 1.29 is 4.79 Å². The molecule has 0 spiro atoms. The largest absolute Gasteiger partial charge is 0.368 e. The van der Waals surface area contributed by atoms with Crippen LogP contribution in [0.4, 0.5) is 0 Å². The molecule has 0 fully saturated rings. The Labute approximate surface area is 110 Å². The van der Waals surface area contributed by atoms with Crippen LogP contribution in [0.2, 0.25) is 0 Å². The van der Waals surface area contributed by atoms with Crippen molar-refractivity contribution in [2.75, 3.05) is 0 Å². The lowest BCUT2D eigenvalue weighted by molar-refractivity contribution is -0.123. The Morgan fingerprint density at radius 1 is 1.59 bits per heavy atom. The maximum atomic E-state index is 11.2. The summed E-state index contributed by atoms with van der Waals surface area (Å²) in [7, 11) is 0. The first-order chi connectivity index (χ1) is 7.79. The van der Waals surface area contributed by atoms with Gasteiger partial charge in [-0.25, -0.2) is 0 Å². The summed E-state index contributed by atoms with van der Waals surface area (Å²) in [5.74, 6) is -0.368. The zero-order valence-corrected chi connectivity index (χ0v) is 12.3. The molecule has 0 radical (unpaired) electrons. The minimum atomic E-state index is -0.726. The fourth-order valence-corrected chi connectivity index (χ4v) is 1.85. The summed E-state index contributed by atoms with van der Waals surface area (Å²) in [5, 5.41) is 7.53. The second-order valence-corrected chi connectivity index (χ2v) is 5.30. The molecule has 0 bridgehead atoms. The van der Waals surface area contributed by atoms with E-state index in [2.05, 4.69) is 26.3 Å². The highest BCUT2D eigenvalue weighted by molar-refractivity contribution is 9.10. The van der Waals surface area contributed by atoms with E-state index in [-0.39, 0.29) is 5.91 Å². The van der Waals surface area contributed by atoms with Gasteiger partial charge in [-0.1, -0.05) is 0 Å². The molecule has 3 N–H and O–H groups in total. The van der Waals surface area contributed by atoms with Crippen molar-refractivity contribution in [1.82, 2.24) is 15.1 Å². The van der Waals surface area contributed by atoms with Gasteiger partial charge in [0.1, 0.15) is 0 Å². The Bertz CT molecular complexity index is 425. The number of aromatic nitrogens is 2. The van der Waals surface area contributed by atoms with E-state index in [1.54, 1.807) is 13.8 Å². The normalized spacial score (nSPS) is 11.8. The van der Waals surface area contributed by atoms with Gasteiger partial charge in [0, 0.05) is 13.1 Å². The number of nitrogens with two attached hydrogens (primary N) is 1.